The SMILES string of the molecule is CCN1C[C@]2(COC)CC[C@H](OC)[C@]34C5C[C@]6(O)[C@@H](OC)C[C@@](OC(C)=O)(C5[C@H]6OC(=O)c5ccc(OC)cc5)[C@@H](C13)[C@H](OC)C24. The summed E-state index contributed by atoms with van der Waals surface area (Å²) in [5, 5.41) is 12.8. The molecule has 6 aliphatic rings. The van der Waals surface area contributed by atoms with Gasteiger partial charge in [-0.2, -0.15) is 0 Å². The van der Waals surface area contributed by atoms with Crippen LogP contribution in [0.1, 0.15) is 49.9 Å². The first-order valence-corrected chi connectivity index (χ1v) is 16.6. The number of aliphatic hydroxyl groups is 1. The van der Waals surface area contributed by atoms with E-state index >= 15 is 0 Å². The van der Waals surface area contributed by atoms with Crippen molar-refractivity contribution in [2.75, 3.05) is 55.2 Å². The molecule has 0 radical (unpaired) electrons. The molecule has 6 fully saturated rings. The number of rotatable bonds is 10. The minimum atomic E-state index is -1.51. The number of esters is 2. The molecule has 5 aliphatic carbocycles. The van der Waals surface area contributed by atoms with E-state index in [0.29, 0.717) is 24.3 Å². The molecule has 1 heterocycles. The Kier molecular flexibility index (Phi) is 7.81. The van der Waals surface area contributed by atoms with Crippen LogP contribution in [0.4, 0.5) is 0 Å². The van der Waals surface area contributed by atoms with Crippen molar-refractivity contribution in [2.45, 2.75) is 81.2 Å². The molecule has 1 aromatic rings. The lowest BCUT2D eigenvalue weighted by Gasteiger charge is -2.69. The zero-order valence-corrected chi connectivity index (χ0v) is 28.0. The predicted octanol–water partition coefficient (Wildman–Crippen LogP) is 2.72. The van der Waals surface area contributed by atoms with Crippen LogP contribution in [0.5, 0.6) is 5.75 Å². The summed E-state index contributed by atoms with van der Waals surface area (Å²) in [6, 6.07) is 6.66. The summed E-state index contributed by atoms with van der Waals surface area (Å²) in [5.74, 6) is -1.38. The Labute approximate surface area is 271 Å². The second-order valence-corrected chi connectivity index (χ2v) is 14.6. The third-order valence-corrected chi connectivity index (χ3v) is 13.3. The maximum Gasteiger partial charge on any atom is 0.338 e. The molecule has 1 aromatic carbocycles. The molecule has 0 amide bonds. The van der Waals surface area contributed by atoms with Gasteiger partial charge in [0.1, 0.15) is 23.1 Å². The molecule has 13 atom stereocenters. The molecule has 254 valence electrons. The van der Waals surface area contributed by atoms with Crippen molar-refractivity contribution >= 4 is 11.9 Å². The minimum absolute atomic E-state index is 0.00534. The number of carbonyl (C=O) groups excluding carboxylic acids is 2. The Morgan fingerprint density at radius 2 is 1.70 bits per heavy atom. The molecular weight excluding hydrogens is 594 g/mol. The molecular formula is C35H49NO10. The van der Waals surface area contributed by atoms with Crippen LogP contribution in [0.25, 0.3) is 0 Å². The average Bonchev–Trinajstić information content (AvgIpc) is 3.42. The number of hydrogen-bond acceptors (Lipinski definition) is 11. The van der Waals surface area contributed by atoms with Gasteiger partial charge in [-0.3, -0.25) is 9.69 Å². The number of carbonyl (C=O) groups is 2. The molecule has 1 aliphatic heterocycles. The van der Waals surface area contributed by atoms with Gasteiger partial charge in [-0.25, -0.2) is 4.79 Å². The highest BCUT2D eigenvalue weighted by molar-refractivity contribution is 5.89. The number of fused-ring (bicyclic) bond motifs is 2. The molecule has 11 heteroatoms. The zero-order valence-electron chi connectivity index (χ0n) is 28.0. The predicted molar refractivity (Wildman–Crippen MR) is 164 cm³/mol. The summed E-state index contributed by atoms with van der Waals surface area (Å²) in [4.78, 5) is 29.7. The first-order chi connectivity index (χ1) is 22.1. The summed E-state index contributed by atoms with van der Waals surface area (Å²) < 4.78 is 43.6. The third-order valence-electron chi connectivity index (χ3n) is 13.3. The third kappa shape index (κ3) is 3.87. The molecule has 46 heavy (non-hydrogen) atoms. The summed E-state index contributed by atoms with van der Waals surface area (Å²) in [6.45, 7) is 5.80. The monoisotopic (exact) mass is 643 g/mol. The van der Waals surface area contributed by atoms with Crippen molar-refractivity contribution in [3.63, 3.8) is 0 Å². The fourth-order valence-electron chi connectivity index (χ4n) is 12.4. The molecule has 5 saturated carbocycles. The van der Waals surface area contributed by atoms with E-state index in [1.54, 1.807) is 59.8 Å². The normalized spacial score (nSPS) is 46.6. The van der Waals surface area contributed by atoms with Gasteiger partial charge in [0.05, 0.1) is 37.6 Å². The van der Waals surface area contributed by atoms with Crippen molar-refractivity contribution < 1.29 is 47.9 Å². The lowest BCUT2D eigenvalue weighted by Crippen LogP contribution is -2.77. The summed E-state index contributed by atoms with van der Waals surface area (Å²) in [5.41, 5.74) is -3.03. The van der Waals surface area contributed by atoms with Crippen LogP contribution in [0, 0.1) is 34.5 Å². The van der Waals surface area contributed by atoms with E-state index in [0.717, 1.165) is 25.9 Å². The number of benzene rings is 1. The molecule has 7 bridgehead atoms. The van der Waals surface area contributed by atoms with E-state index in [2.05, 4.69) is 11.8 Å². The van der Waals surface area contributed by atoms with E-state index in [1.807, 2.05) is 0 Å². The van der Waals surface area contributed by atoms with Gasteiger partial charge in [-0.05, 0) is 56.0 Å². The van der Waals surface area contributed by atoms with Crippen LogP contribution < -0.4 is 4.74 Å². The van der Waals surface area contributed by atoms with Crippen molar-refractivity contribution in [1.29, 1.82) is 0 Å². The number of hydrogen-bond donors (Lipinski definition) is 1. The second-order valence-electron chi connectivity index (χ2n) is 14.6. The maximum atomic E-state index is 13.9. The summed E-state index contributed by atoms with van der Waals surface area (Å²) in [7, 11) is 8.44. The average molecular weight is 644 g/mol. The van der Waals surface area contributed by atoms with Crippen LogP contribution in [-0.4, -0.2) is 119 Å². The van der Waals surface area contributed by atoms with Gasteiger partial charge in [-0.1, -0.05) is 6.92 Å². The molecule has 4 unspecified atom stereocenters. The topological polar surface area (TPSA) is 122 Å². The Balaban J connectivity index is 1.46. The van der Waals surface area contributed by atoms with Crippen molar-refractivity contribution in [1.82, 2.24) is 4.90 Å². The largest absolute Gasteiger partial charge is 0.497 e. The van der Waals surface area contributed by atoms with Crippen molar-refractivity contribution in [3.05, 3.63) is 29.8 Å². The van der Waals surface area contributed by atoms with E-state index in [4.69, 9.17) is 33.2 Å². The molecule has 1 spiro atoms. The fraction of sp³-hybridized carbons (Fsp3) is 0.771. The standard InChI is InChI=1S/C35H49NO10/c1-8-36-17-32(18-40-3)14-13-23(42-5)35-22-15-33(39)24(43-6)16-34(46-19(2)37,26(29(35)36)27(44-7)28(32)35)25(22)30(33)45-31(38)20-9-11-21(41-4)12-10-20/h9-12,22-30,39H,8,13-18H2,1-7H3/t22?,23-,24-,25?,26+,27-,28?,29?,30+,32-,33-,34+,35-/m0/s1. The van der Waals surface area contributed by atoms with Crippen molar-refractivity contribution in [2.24, 2.45) is 34.5 Å². The zero-order chi connectivity index (χ0) is 32.8. The molecule has 0 aromatic heterocycles. The van der Waals surface area contributed by atoms with Crippen molar-refractivity contribution in [3.8, 4) is 5.75 Å². The van der Waals surface area contributed by atoms with Crippen LogP contribution in [0.2, 0.25) is 0 Å². The van der Waals surface area contributed by atoms with Gasteiger partial charge in [-0.15, -0.1) is 0 Å². The second kappa shape index (κ2) is 11.1. The van der Waals surface area contributed by atoms with Gasteiger partial charge < -0.3 is 38.3 Å². The lowest BCUT2D eigenvalue weighted by atomic mass is 9.43. The van der Waals surface area contributed by atoms with Crippen LogP contribution in [-0.2, 0) is 33.2 Å². The quantitative estimate of drug-likeness (QED) is 0.379. The Hall–Kier alpha value is -2.28. The minimum Gasteiger partial charge on any atom is -0.497 e. The molecule has 11 nitrogen and oxygen atoms in total. The first kappa shape index (κ1) is 32.3. The Bertz CT molecular complexity index is 1360. The number of piperidine rings is 1. The highest BCUT2D eigenvalue weighted by atomic mass is 16.6. The number of ether oxygens (including phenoxy) is 7. The van der Waals surface area contributed by atoms with Gasteiger partial charge in [0.15, 0.2) is 0 Å². The summed E-state index contributed by atoms with van der Waals surface area (Å²) in [6.07, 6.45) is 0.142. The molecule has 1 N–H and O–H groups in total. The molecule has 1 saturated heterocycles. The first-order valence-electron chi connectivity index (χ1n) is 16.6. The van der Waals surface area contributed by atoms with Gasteiger partial charge in [0.2, 0.25) is 0 Å². The van der Waals surface area contributed by atoms with Crippen LogP contribution in [0.3, 0.4) is 0 Å². The smallest absolute Gasteiger partial charge is 0.338 e. The Morgan fingerprint density at radius 3 is 2.28 bits per heavy atom. The maximum absolute atomic E-state index is 13.9. The van der Waals surface area contributed by atoms with Gasteiger partial charge in [0, 0.05) is 83.0 Å². The van der Waals surface area contributed by atoms with Gasteiger partial charge >= 0.3 is 11.9 Å². The van der Waals surface area contributed by atoms with E-state index in [9.17, 15) is 14.7 Å². The van der Waals surface area contributed by atoms with Gasteiger partial charge in [0.25, 0.3) is 0 Å². The van der Waals surface area contributed by atoms with Crippen LogP contribution in [0.15, 0.2) is 24.3 Å². The van der Waals surface area contributed by atoms with E-state index in [1.165, 1.54) is 6.92 Å². The highest BCUT2D eigenvalue weighted by Crippen LogP contribution is 2.80. The molecule has 7 rings (SSSR count). The fourth-order valence-corrected chi connectivity index (χ4v) is 12.4. The number of nitrogens with zero attached hydrogens (tertiary/aromatic N) is 1. The Morgan fingerprint density at radius 1 is 0.978 bits per heavy atom. The van der Waals surface area contributed by atoms with Crippen LogP contribution >= 0.6 is 0 Å². The summed E-state index contributed by atoms with van der Waals surface area (Å²) >= 11 is 0. The highest BCUT2D eigenvalue weighted by Gasteiger charge is 2.89. The van der Waals surface area contributed by atoms with E-state index < -0.39 is 46.7 Å². The number of methoxy groups -OCH3 is 5. The van der Waals surface area contributed by atoms with E-state index in [-0.39, 0.29) is 47.8 Å². The number of likely N-dealkylation sites (tertiary alicyclic amines) is 1. The lowest BCUT2D eigenvalue weighted by molar-refractivity contribution is -0.287.